The maximum absolute atomic E-state index is 11.2. The molecular formula is C32H40N2O2. The molecule has 0 atom stereocenters. The van der Waals surface area contributed by atoms with Gasteiger partial charge in [-0.05, 0) is 159 Å². The summed E-state index contributed by atoms with van der Waals surface area (Å²) >= 11 is 0. The van der Waals surface area contributed by atoms with E-state index in [2.05, 4.69) is 12.1 Å². The van der Waals surface area contributed by atoms with Crippen molar-refractivity contribution in [3.8, 4) is 22.6 Å². The lowest BCUT2D eigenvalue weighted by atomic mass is 9.50. The summed E-state index contributed by atoms with van der Waals surface area (Å²) in [7, 11) is 0. The zero-order valence-electron chi connectivity index (χ0n) is 21.2. The van der Waals surface area contributed by atoms with Gasteiger partial charge in [0.15, 0.2) is 0 Å². The van der Waals surface area contributed by atoms with Crippen LogP contribution in [0, 0.1) is 47.3 Å². The number of phenols is 2. The highest BCUT2D eigenvalue weighted by Crippen LogP contribution is 2.62. The van der Waals surface area contributed by atoms with Gasteiger partial charge in [-0.1, -0.05) is 0 Å². The van der Waals surface area contributed by atoms with Crippen LogP contribution < -0.4 is 11.5 Å². The molecule has 0 aromatic heterocycles. The smallest absolute Gasteiger partial charge is 0.146 e. The summed E-state index contributed by atoms with van der Waals surface area (Å²) in [6.45, 7) is 0. The number of hydrogen-bond acceptors (Lipinski definition) is 4. The molecule has 8 fully saturated rings. The van der Waals surface area contributed by atoms with Gasteiger partial charge in [-0.15, -0.1) is 0 Å². The van der Waals surface area contributed by atoms with Crippen molar-refractivity contribution in [1.29, 1.82) is 0 Å². The van der Waals surface area contributed by atoms with Crippen LogP contribution in [0.2, 0.25) is 0 Å². The highest BCUT2D eigenvalue weighted by Gasteiger charge is 2.50. The molecule has 190 valence electrons. The highest BCUT2D eigenvalue weighted by atomic mass is 16.3. The SMILES string of the molecule is Nc1cc(C2C3CC4CC(C3)CC2C4)cc(-c2cc(C3C4CC5CC(C4)CC3C5)cc(N)c2O)c1O. The molecule has 0 saturated heterocycles. The van der Waals surface area contributed by atoms with Crippen molar-refractivity contribution < 1.29 is 10.2 Å². The van der Waals surface area contributed by atoms with Gasteiger partial charge < -0.3 is 21.7 Å². The second kappa shape index (κ2) is 7.58. The molecular weight excluding hydrogens is 444 g/mol. The second-order valence-corrected chi connectivity index (χ2v) is 13.9. The van der Waals surface area contributed by atoms with Crippen LogP contribution in [0.5, 0.6) is 11.5 Å². The minimum atomic E-state index is 0.0829. The van der Waals surface area contributed by atoms with Crippen molar-refractivity contribution in [3.63, 3.8) is 0 Å². The molecule has 0 amide bonds. The van der Waals surface area contributed by atoms with E-state index in [0.29, 0.717) is 34.3 Å². The number of nitrogens with two attached hydrogens (primary N) is 2. The topological polar surface area (TPSA) is 92.5 Å². The molecule has 6 N–H and O–H groups in total. The average molecular weight is 485 g/mol. The fourth-order valence-electron chi connectivity index (χ4n) is 11.1. The van der Waals surface area contributed by atoms with Crippen molar-refractivity contribution in [2.45, 2.75) is 76.0 Å². The molecule has 0 aliphatic heterocycles. The quantitative estimate of drug-likeness (QED) is 0.278. The van der Waals surface area contributed by atoms with Gasteiger partial charge in [0.25, 0.3) is 0 Å². The van der Waals surface area contributed by atoms with Gasteiger partial charge in [-0.3, -0.25) is 0 Å². The number of aromatic hydroxyl groups is 2. The summed E-state index contributed by atoms with van der Waals surface area (Å²) in [6.07, 6.45) is 13.6. The molecule has 2 aromatic rings. The highest BCUT2D eigenvalue weighted by molar-refractivity contribution is 5.85. The first kappa shape index (κ1) is 21.7. The first-order valence-corrected chi connectivity index (χ1v) is 14.7. The third-order valence-electron chi connectivity index (χ3n) is 11.8. The summed E-state index contributed by atoms with van der Waals surface area (Å²) in [4.78, 5) is 0. The number of nitrogen functional groups attached to an aromatic ring is 2. The molecule has 8 aliphatic carbocycles. The van der Waals surface area contributed by atoms with Crippen LogP contribution in [0.4, 0.5) is 11.4 Å². The Hall–Kier alpha value is -2.36. The summed E-state index contributed by atoms with van der Waals surface area (Å²) in [6, 6.07) is 8.34. The van der Waals surface area contributed by atoms with Gasteiger partial charge >= 0.3 is 0 Å². The van der Waals surface area contributed by atoms with Crippen molar-refractivity contribution in [2.75, 3.05) is 11.5 Å². The lowest BCUT2D eigenvalue weighted by Gasteiger charge is -2.55. The molecule has 8 aliphatic rings. The largest absolute Gasteiger partial charge is 0.505 e. The Bertz CT molecular complexity index is 1080. The standard InChI is InChI=1S/C32H40N2O2/c33-27-13-23(29-19-3-15-1-16(5-19)6-20(29)4-15)11-25(31(27)35)26-12-24(14-28(34)32(26)36)30-21-7-17-2-18(9-21)10-22(30)8-17/h11-22,29-30,35-36H,1-10,33-34H2. The van der Waals surface area contributed by atoms with Crippen LogP contribution >= 0.6 is 0 Å². The van der Waals surface area contributed by atoms with Crippen molar-refractivity contribution in [1.82, 2.24) is 0 Å². The zero-order valence-corrected chi connectivity index (χ0v) is 21.2. The third kappa shape index (κ3) is 3.12. The predicted octanol–water partition coefficient (Wildman–Crippen LogP) is 7.01. The molecule has 4 nitrogen and oxygen atoms in total. The summed E-state index contributed by atoms with van der Waals surface area (Å²) in [5.41, 5.74) is 17.6. The van der Waals surface area contributed by atoms with Gasteiger partial charge in [0.05, 0.1) is 11.4 Å². The van der Waals surface area contributed by atoms with Crippen LogP contribution in [-0.2, 0) is 0 Å². The Morgan fingerprint density at radius 2 is 0.778 bits per heavy atom. The van der Waals surface area contributed by atoms with Gasteiger partial charge in [-0.25, -0.2) is 0 Å². The van der Waals surface area contributed by atoms with E-state index in [-0.39, 0.29) is 11.5 Å². The molecule has 0 spiro atoms. The fraction of sp³-hybridized carbons (Fsp3) is 0.625. The van der Waals surface area contributed by atoms with Crippen LogP contribution in [0.25, 0.3) is 11.1 Å². The van der Waals surface area contributed by atoms with Crippen molar-refractivity contribution >= 4 is 11.4 Å². The lowest BCUT2D eigenvalue weighted by molar-refractivity contribution is -0.00286. The predicted molar refractivity (Wildman–Crippen MR) is 144 cm³/mol. The number of phenolic OH excluding ortho intramolecular Hbond substituents is 2. The van der Waals surface area contributed by atoms with E-state index >= 15 is 0 Å². The number of benzene rings is 2. The van der Waals surface area contributed by atoms with Crippen molar-refractivity contribution in [2.24, 2.45) is 47.3 Å². The Kier molecular flexibility index (Phi) is 4.57. The first-order valence-electron chi connectivity index (χ1n) is 14.7. The molecule has 8 saturated carbocycles. The maximum Gasteiger partial charge on any atom is 0.146 e. The maximum atomic E-state index is 11.2. The normalized spacial score (nSPS) is 41.8. The zero-order chi connectivity index (χ0) is 24.3. The molecule has 10 rings (SSSR count). The molecule has 0 heterocycles. The molecule has 0 unspecified atom stereocenters. The Morgan fingerprint density at radius 1 is 0.472 bits per heavy atom. The fourth-order valence-corrected chi connectivity index (χ4v) is 11.1. The molecule has 0 radical (unpaired) electrons. The van der Waals surface area contributed by atoms with E-state index in [0.717, 1.165) is 47.3 Å². The summed E-state index contributed by atoms with van der Waals surface area (Å²) in [5.74, 6) is 7.80. The molecule has 2 aromatic carbocycles. The Labute approximate surface area is 214 Å². The average Bonchev–Trinajstić information content (AvgIpc) is 2.82. The van der Waals surface area contributed by atoms with Gasteiger partial charge in [0, 0.05) is 11.1 Å². The Balaban J connectivity index is 1.21. The molecule has 8 bridgehead atoms. The number of anilines is 2. The van der Waals surface area contributed by atoms with Gasteiger partial charge in [-0.2, -0.15) is 0 Å². The summed E-state index contributed by atoms with van der Waals surface area (Å²) < 4.78 is 0. The van der Waals surface area contributed by atoms with E-state index in [1.807, 2.05) is 12.1 Å². The van der Waals surface area contributed by atoms with Crippen LogP contribution in [0.3, 0.4) is 0 Å². The Morgan fingerprint density at radius 3 is 1.08 bits per heavy atom. The molecule has 4 heteroatoms. The van der Waals surface area contributed by atoms with Crippen LogP contribution in [-0.4, -0.2) is 10.2 Å². The monoisotopic (exact) mass is 484 g/mol. The lowest BCUT2D eigenvalue weighted by Crippen LogP contribution is -2.43. The van der Waals surface area contributed by atoms with E-state index < -0.39 is 0 Å². The van der Waals surface area contributed by atoms with E-state index in [4.69, 9.17) is 11.5 Å². The van der Waals surface area contributed by atoms with Crippen molar-refractivity contribution in [3.05, 3.63) is 35.4 Å². The number of rotatable bonds is 3. The van der Waals surface area contributed by atoms with E-state index in [1.165, 1.54) is 75.3 Å². The minimum Gasteiger partial charge on any atom is -0.505 e. The van der Waals surface area contributed by atoms with Gasteiger partial charge in [0.2, 0.25) is 0 Å². The second-order valence-electron chi connectivity index (χ2n) is 13.9. The van der Waals surface area contributed by atoms with Crippen LogP contribution in [0.15, 0.2) is 24.3 Å². The minimum absolute atomic E-state index is 0.0829. The van der Waals surface area contributed by atoms with E-state index in [9.17, 15) is 10.2 Å². The third-order valence-corrected chi connectivity index (χ3v) is 11.8. The van der Waals surface area contributed by atoms with E-state index in [1.54, 1.807) is 0 Å². The molecule has 36 heavy (non-hydrogen) atoms. The summed E-state index contributed by atoms with van der Waals surface area (Å²) in [5, 5.41) is 22.3. The first-order chi connectivity index (χ1) is 17.4. The van der Waals surface area contributed by atoms with Gasteiger partial charge in [0.1, 0.15) is 11.5 Å². The van der Waals surface area contributed by atoms with Crippen LogP contribution in [0.1, 0.15) is 87.2 Å². The number of hydrogen-bond donors (Lipinski definition) is 4.